The molecule has 3 aromatic carbocycles. The Labute approximate surface area is 162 Å². The van der Waals surface area contributed by atoms with Gasteiger partial charge in [0.25, 0.3) is 5.91 Å². The summed E-state index contributed by atoms with van der Waals surface area (Å²) in [7, 11) is 0. The lowest BCUT2D eigenvalue weighted by Crippen LogP contribution is -2.39. The average Bonchev–Trinajstić information content (AvgIpc) is 2.72. The summed E-state index contributed by atoms with van der Waals surface area (Å²) in [6.07, 6.45) is 0.915. The van der Waals surface area contributed by atoms with Gasteiger partial charge in [-0.15, -0.1) is 0 Å². The highest BCUT2D eigenvalue weighted by atomic mass is 19.1. The molecule has 1 unspecified atom stereocenters. The van der Waals surface area contributed by atoms with Crippen LogP contribution >= 0.6 is 0 Å². The molecule has 0 saturated heterocycles. The van der Waals surface area contributed by atoms with Crippen LogP contribution in [0, 0.1) is 17.6 Å². The van der Waals surface area contributed by atoms with Gasteiger partial charge in [-0.1, -0.05) is 54.6 Å². The van der Waals surface area contributed by atoms with Crippen molar-refractivity contribution in [3.05, 3.63) is 106 Å². The van der Waals surface area contributed by atoms with E-state index in [1.54, 1.807) is 0 Å². The lowest BCUT2D eigenvalue weighted by atomic mass is 9.59. The number of nitrogens with one attached hydrogen (secondary N) is 1. The Hall–Kier alpha value is -3.01. The van der Waals surface area contributed by atoms with Crippen LogP contribution in [0.4, 0.5) is 8.78 Å². The minimum atomic E-state index is -0.835. The third kappa shape index (κ3) is 2.55. The van der Waals surface area contributed by atoms with E-state index in [1.807, 2.05) is 12.1 Å². The van der Waals surface area contributed by atoms with Crippen molar-refractivity contribution in [1.29, 1.82) is 0 Å². The number of amides is 1. The zero-order chi connectivity index (χ0) is 19.3. The van der Waals surface area contributed by atoms with E-state index in [9.17, 15) is 13.6 Å². The van der Waals surface area contributed by atoms with Crippen LogP contribution in [0.3, 0.4) is 0 Å². The van der Waals surface area contributed by atoms with Gasteiger partial charge >= 0.3 is 0 Å². The fourth-order valence-corrected chi connectivity index (χ4v) is 4.99. The first-order chi connectivity index (χ1) is 13.6. The van der Waals surface area contributed by atoms with Gasteiger partial charge in [-0.2, -0.15) is 0 Å². The summed E-state index contributed by atoms with van der Waals surface area (Å²) in [5, 5.41) is 2.78. The Morgan fingerprint density at radius 2 is 1.36 bits per heavy atom. The maximum absolute atomic E-state index is 13.9. The quantitative estimate of drug-likeness (QED) is 0.686. The van der Waals surface area contributed by atoms with Gasteiger partial charge in [0.05, 0.1) is 0 Å². The molecule has 6 rings (SSSR count). The molecule has 3 aliphatic carbocycles. The van der Waals surface area contributed by atoms with Crippen LogP contribution < -0.4 is 5.32 Å². The molecule has 0 spiro atoms. The van der Waals surface area contributed by atoms with E-state index in [2.05, 4.69) is 41.7 Å². The molecule has 0 aliphatic heterocycles. The van der Waals surface area contributed by atoms with E-state index in [4.69, 9.17) is 0 Å². The van der Waals surface area contributed by atoms with Crippen molar-refractivity contribution in [1.82, 2.24) is 5.32 Å². The maximum atomic E-state index is 13.9. The van der Waals surface area contributed by atoms with Crippen LogP contribution in [-0.2, 0) is 0 Å². The molecule has 2 bridgehead atoms. The molecule has 3 aromatic rings. The second-order valence-electron chi connectivity index (χ2n) is 7.59. The third-order valence-corrected chi connectivity index (χ3v) is 6.14. The standard InChI is InChI=1S/C24H19F2NO/c25-20-10-5-11-21(26)23(20)24(28)27-13-14-12-19-15-6-1-3-8-17(15)22(14)18-9-4-2-7-16(18)19/h1-11,14,19,22H,12-13H2,(H,27,28). The van der Waals surface area contributed by atoms with Crippen molar-refractivity contribution < 1.29 is 13.6 Å². The van der Waals surface area contributed by atoms with Crippen molar-refractivity contribution in [2.24, 2.45) is 5.92 Å². The molecule has 28 heavy (non-hydrogen) atoms. The highest BCUT2D eigenvalue weighted by molar-refractivity contribution is 5.94. The normalized spacial score (nSPS) is 21.7. The minimum absolute atomic E-state index is 0.183. The van der Waals surface area contributed by atoms with E-state index in [1.165, 1.54) is 28.3 Å². The van der Waals surface area contributed by atoms with Gasteiger partial charge in [0.2, 0.25) is 0 Å². The van der Waals surface area contributed by atoms with Crippen molar-refractivity contribution in [2.75, 3.05) is 6.54 Å². The van der Waals surface area contributed by atoms with Crippen LogP contribution in [0.15, 0.2) is 66.7 Å². The van der Waals surface area contributed by atoms with Crippen molar-refractivity contribution in [3.63, 3.8) is 0 Å². The predicted molar refractivity (Wildman–Crippen MR) is 103 cm³/mol. The molecule has 0 fully saturated rings. The van der Waals surface area contributed by atoms with E-state index in [0.717, 1.165) is 18.6 Å². The summed E-state index contributed by atoms with van der Waals surface area (Å²) in [5.74, 6) is -1.70. The highest BCUT2D eigenvalue weighted by Gasteiger charge is 2.42. The van der Waals surface area contributed by atoms with Gasteiger partial charge in [0.1, 0.15) is 17.2 Å². The third-order valence-electron chi connectivity index (χ3n) is 6.14. The van der Waals surface area contributed by atoms with E-state index >= 15 is 0 Å². The van der Waals surface area contributed by atoms with Crippen LogP contribution in [0.2, 0.25) is 0 Å². The fraction of sp³-hybridized carbons (Fsp3) is 0.208. The van der Waals surface area contributed by atoms with E-state index in [0.29, 0.717) is 12.5 Å². The summed E-state index contributed by atoms with van der Waals surface area (Å²) in [6.45, 7) is 0.385. The first-order valence-electron chi connectivity index (χ1n) is 9.55. The minimum Gasteiger partial charge on any atom is -0.352 e. The molecule has 0 aromatic heterocycles. The Kier molecular flexibility index (Phi) is 4.00. The van der Waals surface area contributed by atoms with E-state index in [-0.39, 0.29) is 11.8 Å². The van der Waals surface area contributed by atoms with Crippen LogP contribution in [0.1, 0.15) is 50.9 Å². The Morgan fingerprint density at radius 3 is 1.93 bits per heavy atom. The smallest absolute Gasteiger partial charge is 0.257 e. The Bertz CT molecular complexity index is 1010. The summed E-state index contributed by atoms with van der Waals surface area (Å²) in [6, 6.07) is 20.4. The molecule has 140 valence electrons. The number of halogens is 2. The Balaban J connectivity index is 1.44. The molecule has 0 saturated carbocycles. The second-order valence-corrected chi connectivity index (χ2v) is 7.59. The number of benzene rings is 3. The molecule has 4 heteroatoms. The number of rotatable bonds is 3. The van der Waals surface area contributed by atoms with Crippen molar-refractivity contribution >= 4 is 5.91 Å². The average molecular weight is 375 g/mol. The summed E-state index contributed by atoms with van der Waals surface area (Å²) in [5.41, 5.74) is 4.80. The van der Waals surface area contributed by atoms with Crippen LogP contribution in [0.5, 0.6) is 0 Å². The second kappa shape index (κ2) is 6.55. The SMILES string of the molecule is O=C(NCC1CC2c3ccccc3C1c1ccccc12)c1c(F)cccc1F. The Morgan fingerprint density at radius 1 is 0.821 bits per heavy atom. The number of carbonyl (C=O) groups is 1. The molecule has 1 N–H and O–H groups in total. The largest absolute Gasteiger partial charge is 0.352 e. The molecular formula is C24H19F2NO. The summed E-state index contributed by atoms with van der Waals surface area (Å²) >= 11 is 0. The molecule has 1 atom stereocenters. The zero-order valence-corrected chi connectivity index (χ0v) is 15.2. The number of carbonyl (C=O) groups excluding carboxylic acids is 1. The molecule has 0 radical (unpaired) electrons. The number of fused-ring (bicyclic) bond motifs is 1. The van der Waals surface area contributed by atoms with Crippen LogP contribution in [0.25, 0.3) is 0 Å². The van der Waals surface area contributed by atoms with Crippen LogP contribution in [-0.4, -0.2) is 12.5 Å². The topological polar surface area (TPSA) is 29.1 Å². The van der Waals surface area contributed by atoms with Gasteiger partial charge in [-0.05, 0) is 46.7 Å². The van der Waals surface area contributed by atoms with Crippen molar-refractivity contribution in [2.45, 2.75) is 18.3 Å². The summed E-state index contributed by atoms with van der Waals surface area (Å²) in [4.78, 5) is 12.4. The number of hydrogen-bond donors (Lipinski definition) is 1. The van der Waals surface area contributed by atoms with E-state index < -0.39 is 23.1 Å². The maximum Gasteiger partial charge on any atom is 0.257 e. The van der Waals surface area contributed by atoms with Gasteiger partial charge in [0, 0.05) is 18.4 Å². The number of hydrogen-bond acceptors (Lipinski definition) is 1. The lowest BCUT2D eigenvalue weighted by molar-refractivity contribution is 0.0934. The molecular weight excluding hydrogens is 356 g/mol. The van der Waals surface area contributed by atoms with Gasteiger partial charge in [-0.3, -0.25) is 4.79 Å². The predicted octanol–water partition coefficient (Wildman–Crippen LogP) is 4.99. The van der Waals surface area contributed by atoms with Gasteiger partial charge in [0.15, 0.2) is 0 Å². The van der Waals surface area contributed by atoms with Gasteiger partial charge < -0.3 is 5.32 Å². The lowest BCUT2D eigenvalue weighted by Gasteiger charge is -2.45. The summed E-state index contributed by atoms with van der Waals surface area (Å²) < 4.78 is 27.8. The molecule has 0 heterocycles. The monoisotopic (exact) mass is 375 g/mol. The van der Waals surface area contributed by atoms with Crippen molar-refractivity contribution in [3.8, 4) is 0 Å². The fourth-order valence-electron chi connectivity index (χ4n) is 4.99. The first-order valence-corrected chi connectivity index (χ1v) is 9.55. The van der Waals surface area contributed by atoms with Gasteiger partial charge in [-0.25, -0.2) is 8.78 Å². The molecule has 3 aliphatic rings. The zero-order valence-electron chi connectivity index (χ0n) is 15.2. The molecule has 1 amide bonds. The highest BCUT2D eigenvalue weighted by Crippen LogP contribution is 2.55. The molecule has 2 nitrogen and oxygen atoms in total. The first kappa shape index (κ1) is 17.1.